The van der Waals surface area contributed by atoms with E-state index in [4.69, 9.17) is 4.74 Å². The molecule has 32 heavy (non-hydrogen) atoms. The van der Waals surface area contributed by atoms with Crippen molar-refractivity contribution in [3.8, 4) is 0 Å². The summed E-state index contributed by atoms with van der Waals surface area (Å²) in [5, 5.41) is 3.01. The molecule has 1 aliphatic heterocycles. The van der Waals surface area contributed by atoms with E-state index in [0.717, 1.165) is 43.6 Å². The van der Waals surface area contributed by atoms with Gasteiger partial charge in [0.25, 0.3) is 0 Å². The Bertz CT molecular complexity index is 961. The molecule has 2 aliphatic rings. The number of benzene rings is 2. The molecule has 5 nitrogen and oxygen atoms in total. The molecule has 0 saturated carbocycles. The highest BCUT2D eigenvalue weighted by molar-refractivity contribution is 5.98. The smallest absolute Gasteiger partial charge is 0.220 e. The van der Waals surface area contributed by atoms with Crippen LogP contribution in [0.3, 0.4) is 0 Å². The molecule has 0 aromatic heterocycles. The highest BCUT2D eigenvalue weighted by Gasteiger charge is 2.22. The van der Waals surface area contributed by atoms with Gasteiger partial charge in [0.05, 0.1) is 12.2 Å². The molecule has 0 radical (unpaired) electrons. The third-order valence-electron chi connectivity index (χ3n) is 6.48. The number of ether oxygens (including phenoxy) is 1. The Hall–Kier alpha value is -2.50. The molecule has 4 rings (SSSR count). The van der Waals surface area contributed by atoms with E-state index in [0.29, 0.717) is 6.54 Å². The second kappa shape index (κ2) is 10.4. The van der Waals surface area contributed by atoms with Crippen molar-refractivity contribution < 1.29 is 14.3 Å². The van der Waals surface area contributed by atoms with Gasteiger partial charge in [-0.2, -0.15) is 0 Å². The van der Waals surface area contributed by atoms with Crippen LogP contribution in [0.1, 0.15) is 65.7 Å². The van der Waals surface area contributed by atoms with Gasteiger partial charge in [-0.3, -0.25) is 14.5 Å². The number of Topliss-reactive ketones (excluding diaryl/α,β-unsaturated/α-hetero) is 1. The average Bonchev–Trinajstić information content (AvgIpc) is 3.24. The standard InChI is InChI=1S/C27H34N2O3/c1-19-16-29(17-20(2)32-19)18-25-7-4-3-6-24(25)15-28-27(31)13-12-26(30)23-11-10-21-8-5-9-22(21)14-23/h3-4,6-7,10-11,14,19-20H,5,8-9,12-13,15-18H2,1-2H3,(H,28,31). The molecule has 2 atom stereocenters. The molecule has 0 bridgehead atoms. The first-order valence-corrected chi connectivity index (χ1v) is 11.8. The van der Waals surface area contributed by atoms with Crippen molar-refractivity contribution in [1.29, 1.82) is 0 Å². The summed E-state index contributed by atoms with van der Waals surface area (Å²) in [5.74, 6) is -0.0336. The first kappa shape index (κ1) is 22.7. The molecule has 1 fully saturated rings. The Morgan fingerprint density at radius 1 is 0.969 bits per heavy atom. The number of amides is 1. The van der Waals surface area contributed by atoms with E-state index in [1.54, 1.807) is 0 Å². The number of hydrogen-bond acceptors (Lipinski definition) is 4. The number of fused-ring (bicyclic) bond motifs is 1. The number of nitrogens with one attached hydrogen (secondary N) is 1. The molecule has 0 spiro atoms. The Labute approximate surface area is 191 Å². The first-order valence-electron chi connectivity index (χ1n) is 11.8. The second-order valence-corrected chi connectivity index (χ2v) is 9.26. The van der Waals surface area contributed by atoms with Crippen LogP contribution < -0.4 is 5.32 Å². The molecule has 2 aromatic rings. The highest BCUT2D eigenvalue weighted by atomic mass is 16.5. The Morgan fingerprint density at radius 2 is 1.69 bits per heavy atom. The lowest BCUT2D eigenvalue weighted by molar-refractivity contribution is -0.121. The molecule has 2 aromatic carbocycles. The fourth-order valence-electron chi connectivity index (χ4n) is 4.94. The van der Waals surface area contributed by atoms with Crippen molar-refractivity contribution in [2.45, 2.75) is 71.2 Å². The van der Waals surface area contributed by atoms with E-state index in [1.165, 1.54) is 23.1 Å². The fourth-order valence-corrected chi connectivity index (χ4v) is 4.94. The SMILES string of the molecule is CC1CN(Cc2ccccc2CNC(=O)CCC(=O)c2ccc3c(c2)CCC3)CC(C)O1. The van der Waals surface area contributed by atoms with E-state index in [2.05, 4.69) is 42.3 Å². The van der Waals surface area contributed by atoms with E-state index in [1.807, 2.05) is 24.3 Å². The monoisotopic (exact) mass is 434 g/mol. The number of morpholine rings is 1. The third kappa shape index (κ3) is 5.84. The van der Waals surface area contributed by atoms with E-state index < -0.39 is 0 Å². The van der Waals surface area contributed by atoms with Crippen LogP contribution in [0.15, 0.2) is 42.5 Å². The summed E-state index contributed by atoms with van der Waals surface area (Å²) in [6.07, 6.45) is 4.26. The van der Waals surface area contributed by atoms with Gasteiger partial charge in [-0.1, -0.05) is 36.4 Å². The van der Waals surface area contributed by atoms with Gasteiger partial charge in [0, 0.05) is 44.6 Å². The van der Waals surface area contributed by atoms with Gasteiger partial charge in [0.2, 0.25) is 5.91 Å². The summed E-state index contributed by atoms with van der Waals surface area (Å²) in [6.45, 7) is 7.38. The quantitative estimate of drug-likeness (QED) is 0.637. The molecule has 2 unspecified atom stereocenters. The van der Waals surface area contributed by atoms with Crippen LogP contribution >= 0.6 is 0 Å². The largest absolute Gasteiger partial charge is 0.373 e. The van der Waals surface area contributed by atoms with Gasteiger partial charge in [-0.05, 0) is 61.4 Å². The summed E-state index contributed by atoms with van der Waals surface area (Å²) >= 11 is 0. The van der Waals surface area contributed by atoms with Crippen molar-refractivity contribution in [2.24, 2.45) is 0 Å². The van der Waals surface area contributed by atoms with Gasteiger partial charge in [-0.25, -0.2) is 0 Å². The maximum Gasteiger partial charge on any atom is 0.220 e. The minimum atomic E-state index is -0.0806. The lowest BCUT2D eigenvalue weighted by atomic mass is 10.0. The van der Waals surface area contributed by atoms with Gasteiger partial charge < -0.3 is 10.1 Å². The number of aryl methyl sites for hydroxylation is 2. The summed E-state index contributed by atoms with van der Waals surface area (Å²) in [7, 11) is 0. The molecule has 1 heterocycles. The number of nitrogens with zero attached hydrogens (tertiary/aromatic N) is 1. The van der Waals surface area contributed by atoms with Crippen LogP contribution in [0, 0.1) is 0 Å². The first-order chi connectivity index (χ1) is 15.5. The van der Waals surface area contributed by atoms with Crippen LogP contribution in [0.5, 0.6) is 0 Å². The van der Waals surface area contributed by atoms with Crippen molar-refractivity contribution in [1.82, 2.24) is 10.2 Å². The lowest BCUT2D eigenvalue weighted by Gasteiger charge is -2.35. The predicted molar refractivity (Wildman–Crippen MR) is 126 cm³/mol. The maximum absolute atomic E-state index is 12.6. The highest BCUT2D eigenvalue weighted by Crippen LogP contribution is 2.23. The minimum absolute atomic E-state index is 0.0470. The zero-order valence-corrected chi connectivity index (χ0v) is 19.2. The Morgan fingerprint density at radius 3 is 2.47 bits per heavy atom. The average molecular weight is 435 g/mol. The Kier molecular flexibility index (Phi) is 7.38. The van der Waals surface area contributed by atoms with Crippen molar-refractivity contribution in [3.05, 3.63) is 70.3 Å². The maximum atomic E-state index is 12.6. The number of carbonyl (C=O) groups excluding carboxylic acids is 2. The predicted octanol–water partition coefficient (Wildman–Crippen LogP) is 4.06. The summed E-state index contributed by atoms with van der Waals surface area (Å²) in [4.78, 5) is 27.4. The van der Waals surface area contributed by atoms with Crippen LogP contribution in [0.2, 0.25) is 0 Å². The van der Waals surface area contributed by atoms with Crippen LogP contribution in [-0.2, 0) is 35.5 Å². The number of hydrogen-bond donors (Lipinski definition) is 1. The van der Waals surface area contributed by atoms with Gasteiger partial charge in [-0.15, -0.1) is 0 Å². The summed E-state index contributed by atoms with van der Waals surface area (Å²) in [5.41, 5.74) is 5.73. The van der Waals surface area contributed by atoms with E-state index in [9.17, 15) is 9.59 Å². The van der Waals surface area contributed by atoms with Crippen molar-refractivity contribution in [2.75, 3.05) is 13.1 Å². The van der Waals surface area contributed by atoms with E-state index in [-0.39, 0.29) is 36.7 Å². The lowest BCUT2D eigenvalue weighted by Crippen LogP contribution is -2.45. The normalized spacial score (nSPS) is 20.7. The Balaban J connectivity index is 1.27. The molecule has 1 amide bonds. The van der Waals surface area contributed by atoms with Crippen molar-refractivity contribution >= 4 is 11.7 Å². The minimum Gasteiger partial charge on any atom is -0.373 e. The molecule has 170 valence electrons. The van der Waals surface area contributed by atoms with Crippen LogP contribution in [0.4, 0.5) is 0 Å². The molecule has 1 saturated heterocycles. The van der Waals surface area contributed by atoms with Gasteiger partial charge in [0.1, 0.15) is 0 Å². The zero-order chi connectivity index (χ0) is 22.5. The number of carbonyl (C=O) groups is 2. The van der Waals surface area contributed by atoms with Gasteiger partial charge in [0.15, 0.2) is 5.78 Å². The zero-order valence-electron chi connectivity index (χ0n) is 19.2. The van der Waals surface area contributed by atoms with E-state index >= 15 is 0 Å². The van der Waals surface area contributed by atoms with Crippen molar-refractivity contribution in [3.63, 3.8) is 0 Å². The molecular weight excluding hydrogens is 400 g/mol. The molecule has 5 heteroatoms. The van der Waals surface area contributed by atoms with Gasteiger partial charge >= 0.3 is 0 Å². The third-order valence-corrected chi connectivity index (χ3v) is 6.48. The summed E-state index contributed by atoms with van der Waals surface area (Å²) in [6, 6.07) is 14.3. The fraction of sp³-hybridized carbons (Fsp3) is 0.481. The topological polar surface area (TPSA) is 58.6 Å². The molecule has 1 aliphatic carbocycles. The molecular formula is C27H34N2O3. The summed E-state index contributed by atoms with van der Waals surface area (Å²) < 4.78 is 5.84. The molecule has 1 N–H and O–H groups in total. The van der Waals surface area contributed by atoms with Crippen LogP contribution in [0.25, 0.3) is 0 Å². The number of ketones is 1. The van der Waals surface area contributed by atoms with Crippen LogP contribution in [-0.4, -0.2) is 41.9 Å². The second-order valence-electron chi connectivity index (χ2n) is 9.26. The number of rotatable bonds is 8.